The summed E-state index contributed by atoms with van der Waals surface area (Å²) in [7, 11) is 0. The summed E-state index contributed by atoms with van der Waals surface area (Å²) in [5, 5.41) is 12.8. The number of fused-ring (bicyclic) bond motifs is 1. The van der Waals surface area contributed by atoms with Crippen molar-refractivity contribution in [3.8, 4) is 11.5 Å². The molecule has 168 valence electrons. The standard InChI is InChI=1S/C20H24BrN3O6S/c1-20(2,3)30-18(25)23-13(11-24(19(26)27)17-22-10-16(21)31-17)8-12-4-5-14-15(9-12)29-7-6-28-14/h4-5,9-10,13H,6-8,11H2,1-3H3,(H,23,25)(H,26,27)/t13-/m1/s1. The number of aromatic nitrogens is 1. The average molecular weight is 514 g/mol. The van der Waals surface area contributed by atoms with Crippen molar-refractivity contribution in [3.05, 3.63) is 33.7 Å². The zero-order valence-electron chi connectivity index (χ0n) is 17.4. The van der Waals surface area contributed by atoms with E-state index >= 15 is 0 Å². The highest BCUT2D eigenvalue weighted by molar-refractivity contribution is 9.11. The van der Waals surface area contributed by atoms with E-state index in [1.165, 1.54) is 17.5 Å². The van der Waals surface area contributed by atoms with E-state index in [0.29, 0.717) is 40.1 Å². The number of benzene rings is 1. The number of nitrogens with zero attached hydrogens (tertiary/aromatic N) is 2. The second kappa shape index (κ2) is 9.73. The molecule has 1 aromatic heterocycles. The normalized spacial score (nSPS) is 13.9. The molecule has 0 radical (unpaired) electrons. The maximum Gasteiger partial charge on any atom is 0.413 e. The minimum atomic E-state index is -1.17. The van der Waals surface area contributed by atoms with Crippen LogP contribution in [0.5, 0.6) is 11.5 Å². The topological polar surface area (TPSA) is 110 Å². The van der Waals surface area contributed by atoms with Crippen molar-refractivity contribution in [3.63, 3.8) is 0 Å². The first kappa shape index (κ1) is 23.1. The molecule has 1 aromatic carbocycles. The molecule has 11 heteroatoms. The fourth-order valence-corrected chi connectivity index (χ4v) is 4.15. The lowest BCUT2D eigenvalue weighted by Gasteiger charge is -2.27. The fraction of sp³-hybridized carbons (Fsp3) is 0.450. The molecule has 1 aliphatic rings. The largest absolute Gasteiger partial charge is 0.486 e. The molecule has 2 N–H and O–H groups in total. The number of thiazole rings is 1. The number of carbonyl (C=O) groups is 2. The first-order valence-electron chi connectivity index (χ1n) is 9.60. The molecular formula is C20H24BrN3O6S. The van der Waals surface area contributed by atoms with E-state index in [-0.39, 0.29) is 6.54 Å². The second-order valence-corrected chi connectivity index (χ2v) is 10.3. The summed E-state index contributed by atoms with van der Waals surface area (Å²) < 4.78 is 17.2. The van der Waals surface area contributed by atoms with Crippen molar-refractivity contribution in [2.75, 3.05) is 24.7 Å². The number of carboxylic acid groups (broad SMARTS) is 1. The number of hydrogen-bond donors (Lipinski definition) is 2. The van der Waals surface area contributed by atoms with Crippen molar-refractivity contribution >= 4 is 44.6 Å². The zero-order chi connectivity index (χ0) is 22.6. The number of rotatable bonds is 6. The smallest absolute Gasteiger partial charge is 0.413 e. The third kappa shape index (κ3) is 6.73. The summed E-state index contributed by atoms with van der Waals surface area (Å²) in [6.45, 7) is 6.23. The molecule has 2 aromatic rings. The number of anilines is 1. The van der Waals surface area contributed by atoms with Gasteiger partial charge in [0, 0.05) is 0 Å². The molecule has 0 fully saturated rings. The van der Waals surface area contributed by atoms with Crippen LogP contribution in [0.3, 0.4) is 0 Å². The lowest BCUT2D eigenvalue weighted by molar-refractivity contribution is 0.0505. The van der Waals surface area contributed by atoms with Crippen LogP contribution in [0.25, 0.3) is 0 Å². The third-order valence-electron chi connectivity index (χ3n) is 4.14. The molecule has 0 saturated carbocycles. The van der Waals surface area contributed by atoms with Gasteiger partial charge in [0.2, 0.25) is 0 Å². The highest BCUT2D eigenvalue weighted by atomic mass is 79.9. The number of amides is 2. The van der Waals surface area contributed by atoms with Crippen LogP contribution < -0.4 is 19.7 Å². The second-order valence-electron chi connectivity index (χ2n) is 7.87. The summed E-state index contributed by atoms with van der Waals surface area (Å²) in [6.07, 6.45) is 0.0972. The molecule has 0 spiro atoms. The summed E-state index contributed by atoms with van der Waals surface area (Å²) in [5.41, 5.74) is 0.175. The summed E-state index contributed by atoms with van der Waals surface area (Å²) in [6, 6.07) is 4.93. The Labute approximate surface area is 192 Å². The Morgan fingerprint density at radius 1 is 1.32 bits per heavy atom. The van der Waals surface area contributed by atoms with Gasteiger partial charge in [-0.3, -0.25) is 4.90 Å². The molecule has 9 nitrogen and oxygen atoms in total. The number of alkyl carbamates (subject to hydrolysis) is 1. The van der Waals surface area contributed by atoms with E-state index in [9.17, 15) is 14.7 Å². The van der Waals surface area contributed by atoms with Crippen LogP contribution in [0.4, 0.5) is 14.7 Å². The maximum atomic E-state index is 12.4. The predicted octanol–water partition coefficient (Wildman–Crippen LogP) is 4.30. The summed E-state index contributed by atoms with van der Waals surface area (Å²) in [4.78, 5) is 29.6. The van der Waals surface area contributed by atoms with Crippen LogP contribution in [0.1, 0.15) is 26.3 Å². The van der Waals surface area contributed by atoms with Gasteiger partial charge in [0.05, 0.1) is 22.6 Å². The van der Waals surface area contributed by atoms with Crippen molar-refractivity contribution in [2.24, 2.45) is 0 Å². The highest BCUT2D eigenvalue weighted by Gasteiger charge is 2.26. The third-order valence-corrected chi connectivity index (χ3v) is 5.64. The SMILES string of the molecule is CC(C)(C)OC(=O)N[C@H](Cc1ccc2c(c1)OCCO2)CN(C(=O)O)c1ncc(Br)s1. The van der Waals surface area contributed by atoms with Gasteiger partial charge in [-0.25, -0.2) is 14.6 Å². The number of hydrogen-bond acceptors (Lipinski definition) is 7. The van der Waals surface area contributed by atoms with E-state index in [1.807, 2.05) is 12.1 Å². The molecule has 0 saturated heterocycles. The molecular weight excluding hydrogens is 490 g/mol. The Kier molecular flexibility index (Phi) is 7.26. The van der Waals surface area contributed by atoms with E-state index in [0.717, 1.165) is 10.5 Å². The van der Waals surface area contributed by atoms with Gasteiger partial charge in [-0.15, -0.1) is 0 Å². The number of ether oxygens (including phenoxy) is 3. The number of halogens is 1. The lowest BCUT2D eigenvalue weighted by Crippen LogP contribution is -2.48. The van der Waals surface area contributed by atoms with Gasteiger partial charge in [0.25, 0.3) is 0 Å². The first-order valence-corrected chi connectivity index (χ1v) is 11.2. The van der Waals surface area contributed by atoms with E-state index in [4.69, 9.17) is 14.2 Å². The van der Waals surface area contributed by atoms with Crippen molar-refractivity contribution in [2.45, 2.75) is 38.8 Å². The minimum absolute atomic E-state index is 0.0109. The Balaban J connectivity index is 1.81. The van der Waals surface area contributed by atoms with Gasteiger partial charge < -0.3 is 24.6 Å². The Bertz CT molecular complexity index is 945. The molecule has 2 heterocycles. The van der Waals surface area contributed by atoms with Crippen molar-refractivity contribution in [1.29, 1.82) is 0 Å². The van der Waals surface area contributed by atoms with Gasteiger partial charge in [0.15, 0.2) is 16.6 Å². The number of carbonyl (C=O) groups excluding carboxylic acids is 1. The van der Waals surface area contributed by atoms with E-state index in [1.54, 1.807) is 26.8 Å². The quantitative estimate of drug-likeness (QED) is 0.592. The van der Waals surface area contributed by atoms with Crippen LogP contribution in [0.15, 0.2) is 28.2 Å². The maximum absolute atomic E-state index is 12.4. The number of nitrogens with one attached hydrogen (secondary N) is 1. The van der Waals surface area contributed by atoms with Gasteiger partial charge in [0.1, 0.15) is 18.8 Å². The molecule has 31 heavy (non-hydrogen) atoms. The van der Waals surface area contributed by atoms with Crippen LogP contribution in [-0.2, 0) is 11.2 Å². The van der Waals surface area contributed by atoms with Gasteiger partial charge in [-0.1, -0.05) is 17.4 Å². The highest BCUT2D eigenvalue weighted by Crippen LogP contribution is 2.31. The zero-order valence-corrected chi connectivity index (χ0v) is 19.8. The fourth-order valence-electron chi connectivity index (χ4n) is 2.96. The van der Waals surface area contributed by atoms with Crippen LogP contribution in [0, 0.1) is 0 Å². The molecule has 2 amide bonds. The Hall–Kier alpha value is -2.53. The molecule has 0 unspecified atom stereocenters. The van der Waals surface area contributed by atoms with Crippen LogP contribution >= 0.6 is 27.3 Å². The molecule has 0 aliphatic carbocycles. The Morgan fingerprint density at radius 2 is 2.03 bits per heavy atom. The van der Waals surface area contributed by atoms with Crippen molar-refractivity contribution in [1.82, 2.24) is 10.3 Å². The van der Waals surface area contributed by atoms with Crippen molar-refractivity contribution < 1.29 is 28.9 Å². The monoisotopic (exact) mass is 513 g/mol. The average Bonchev–Trinajstić information content (AvgIpc) is 3.10. The van der Waals surface area contributed by atoms with Gasteiger partial charge >= 0.3 is 12.2 Å². The van der Waals surface area contributed by atoms with Crippen LogP contribution in [0.2, 0.25) is 0 Å². The summed E-state index contributed by atoms with van der Waals surface area (Å²) in [5.74, 6) is 1.28. The molecule has 0 bridgehead atoms. The predicted molar refractivity (Wildman–Crippen MR) is 119 cm³/mol. The van der Waals surface area contributed by atoms with Gasteiger partial charge in [-0.05, 0) is 60.8 Å². The van der Waals surface area contributed by atoms with E-state index in [2.05, 4.69) is 26.2 Å². The van der Waals surface area contributed by atoms with Crippen LogP contribution in [-0.4, -0.2) is 53.7 Å². The molecule has 1 aliphatic heterocycles. The van der Waals surface area contributed by atoms with E-state index < -0.39 is 23.8 Å². The first-order chi connectivity index (χ1) is 14.6. The Morgan fingerprint density at radius 3 is 2.65 bits per heavy atom. The van der Waals surface area contributed by atoms with Gasteiger partial charge in [-0.2, -0.15) is 0 Å². The molecule has 1 atom stereocenters. The summed E-state index contributed by atoms with van der Waals surface area (Å²) >= 11 is 4.49. The minimum Gasteiger partial charge on any atom is -0.486 e. The lowest BCUT2D eigenvalue weighted by atomic mass is 10.0. The molecule has 3 rings (SSSR count).